The van der Waals surface area contributed by atoms with Crippen molar-refractivity contribution in [2.24, 2.45) is 0 Å². The predicted octanol–water partition coefficient (Wildman–Crippen LogP) is 4.15. The normalized spacial score (nSPS) is 11.7. The monoisotopic (exact) mass is 373 g/mol. The lowest BCUT2D eigenvalue weighted by Crippen LogP contribution is -2.24. The number of aryl methyl sites for hydroxylation is 1. The number of para-hydroxylation sites is 1. The maximum Gasteiger partial charge on any atom is 0.338 e. The number of carbonyl (C=O) groups is 1. The first-order valence-electron chi connectivity index (χ1n) is 8.11. The number of sulfonamides is 1. The summed E-state index contributed by atoms with van der Waals surface area (Å²) in [6.07, 6.45) is 0. The van der Waals surface area contributed by atoms with Crippen LogP contribution in [0.25, 0.3) is 5.57 Å². The van der Waals surface area contributed by atoms with Crippen molar-refractivity contribution in [3.63, 3.8) is 0 Å². The Labute approximate surface area is 154 Å². The number of benzene rings is 2. The van der Waals surface area contributed by atoms with Gasteiger partial charge in [-0.1, -0.05) is 42.5 Å². The lowest BCUT2D eigenvalue weighted by atomic mass is 10.1. The Bertz CT molecular complexity index is 923. The number of ether oxygens (including phenoxy) is 1. The highest BCUT2D eigenvalue weighted by Crippen LogP contribution is 2.27. The van der Waals surface area contributed by atoms with Gasteiger partial charge in [-0.3, -0.25) is 4.72 Å². The molecule has 0 radical (unpaired) electrons. The number of hydrogen-bond acceptors (Lipinski definition) is 4. The van der Waals surface area contributed by atoms with Crippen molar-refractivity contribution in [2.45, 2.75) is 38.2 Å². The van der Waals surface area contributed by atoms with Gasteiger partial charge in [0.05, 0.1) is 16.2 Å². The van der Waals surface area contributed by atoms with Gasteiger partial charge in [0, 0.05) is 5.56 Å². The Hall–Kier alpha value is -2.60. The largest absolute Gasteiger partial charge is 0.456 e. The molecule has 6 heteroatoms. The minimum Gasteiger partial charge on any atom is -0.456 e. The molecule has 0 saturated heterocycles. The molecule has 0 spiro atoms. The van der Waals surface area contributed by atoms with E-state index in [9.17, 15) is 13.2 Å². The second kappa shape index (κ2) is 7.33. The van der Waals surface area contributed by atoms with E-state index in [0.29, 0.717) is 5.56 Å². The minimum atomic E-state index is -3.79. The number of hydrogen-bond donors (Lipinski definition) is 1. The molecule has 26 heavy (non-hydrogen) atoms. The number of esters is 1. The standard InChI is InChI=1S/C20H23NO4S/c1-14-10-12-16(13-11-14)26(23,24)21-18-9-7-6-8-17(18)15(2)19(22)25-20(3,4)5/h6-13,21H,2H2,1,3-5H3. The van der Waals surface area contributed by atoms with Crippen molar-refractivity contribution >= 4 is 27.3 Å². The van der Waals surface area contributed by atoms with Gasteiger partial charge in [-0.15, -0.1) is 0 Å². The van der Waals surface area contributed by atoms with E-state index in [1.165, 1.54) is 12.1 Å². The van der Waals surface area contributed by atoms with Gasteiger partial charge in [-0.2, -0.15) is 0 Å². The Morgan fingerprint density at radius 1 is 1.04 bits per heavy atom. The molecular weight excluding hydrogens is 350 g/mol. The van der Waals surface area contributed by atoms with Crippen LogP contribution in [0.1, 0.15) is 31.9 Å². The van der Waals surface area contributed by atoms with E-state index in [-0.39, 0.29) is 16.2 Å². The van der Waals surface area contributed by atoms with Gasteiger partial charge in [0.1, 0.15) is 5.60 Å². The molecule has 0 atom stereocenters. The van der Waals surface area contributed by atoms with E-state index < -0.39 is 21.6 Å². The van der Waals surface area contributed by atoms with E-state index in [2.05, 4.69) is 11.3 Å². The van der Waals surface area contributed by atoms with Gasteiger partial charge in [0.2, 0.25) is 0 Å². The Kier molecular flexibility index (Phi) is 5.56. The first kappa shape index (κ1) is 19.7. The van der Waals surface area contributed by atoms with Crippen LogP contribution in [0.15, 0.2) is 60.0 Å². The summed E-state index contributed by atoms with van der Waals surface area (Å²) in [5.41, 5.74) is 1.02. The first-order chi connectivity index (χ1) is 12.0. The molecule has 2 aromatic carbocycles. The third kappa shape index (κ3) is 4.95. The summed E-state index contributed by atoms with van der Waals surface area (Å²) in [6.45, 7) is 10.9. The average Bonchev–Trinajstić information content (AvgIpc) is 2.53. The van der Waals surface area contributed by atoms with Crippen LogP contribution in [-0.4, -0.2) is 20.0 Å². The number of carbonyl (C=O) groups excluding carboxylic acids is 1. The topological polar surface area (TPSA) is 72.5 Å². The quantitative estimate of drug-likeness (QED) is 0.631. The SMILES string of the molecule is C=C(C(=O)OC(C)(C)C)c1ccccc1NS(=O)(=O)c1ccc(C)cc1. The van der Waals surface area contributed by atoms with Crippen molar-refractivity contribution in [3.05, 3.63) is 66.2 Å². The van der Waals surface area contributed by atoms with Crippen molar-refractivity contribution in [1.29, 1.82) is 0 Å². The third-order valence-electron chi connectivity index (χ3n) is 3.47. The smallest absolute Gasteiger partial charge is 0.338 e. The van der Waals surface area contributed by atoms with Crippen LogP contribution in [0.3, 0.4) is 0 Å². The molecule has 0 heterocycles. The molecule has 0 saturated carbocycles. The molecule has 1 N–H and O–H groups in total. The van der Waals surface area contributed by atoms with Crippen LogP contribution >= 0.6 is 0 Å². The van der Waals surface area contributed by atoms with E-state index in [0.717, 1.165) is 5.56 Å². The molecule has 0 unspecified atom stereocenters. The van der Waals surface area contributed by atoms with Gasteiger partial charge in [0.25, 0.3) is 10.0 Å². The Balaban J connectivity index is 2.33. The van der Waals surface area contributed by atoms with Crippen LogP contribution in [0.2, 0.25) is 0 Å². The van der Waals surface area contributed by atoms with E-state index in [4.69, 9.17) is 4.74 Å². The predicted molar refractivity (Wildman–Crippen MR) is 103 cm³/mol. The molecular formula is C20H23NO4S. The maximum atomic E-state index is 12.6. The first-order valence-corrected chi connectivity index (χ1v) is 9.59. The number of rotatable bonds is 5. The lowest BCUT2D eigenvalue weighted by Gasteiger charge is -2.21. The zero-order valence-corrected chi connectivity index (χ0v) is 16.2. The van der Waals surface area contributed by atoms with Crippen LogP contribution in [0.5, 0.6) is 0 Å². The summed E-state index contributed by atoms with van der Waals surface area (Å²) in [5, 5.41) is 0. The van der Waals surface area contributed by atoms with Crippen LogP contribution in [0, 0.1) is 6.92 Å². The van der Waals surface area contributed by atoms with E-state index >= 15 is 0 Å². The molecule has 0 aliphatic rings. The van der Waals surface area contributed by atoms with Crippen LogP contribution < -0.4 is 4.72 Å². The van der Waals surface area contributed by atoms with Crippen molar-refractivity contribution < 1.29 is 17.9 Å². The molecule has 2 rings (SSSR count). The van der Waals surface area contributed by atoms with Crippen molar-refractivity contribution in [1.82, 2.24) is 0 Å². The highest BCUT2D eigenvalue weighted by Gasteiger charge is 2.23. The average molecular weight is 373 g/mol. The third-order valence-corrected chi connectivity index (χ3v) is 4.85. The fourth-order valence-corrected chi connectivity index (χ4v) is 3.29. The molecule has 138 valence electrons. The zero-order chi connectivity index (χ0) is 19.5. The Morgan fingerprint density at radius 2 is 1.62 bits per heavy atom. The summed E-state index contributed by atoms with van der Waals surface area (Å²) in [4.78, 5) is 12.4. The van der Waals surface area contributed by atoms with Gasteiger partial charge in [0.15, 0.2) is 0 Å². The summed E-state index contributed by atoms with van der Waals surface area (Å²) < 4.78 is 33.1. The molecule has 0 aromatic heterocycles. The second-order valence-corrected chi connectivity index (χ2v) is 8.63. The van der Waals surface area contributed by atoms with Gasteiger partial charge >= 0.3 is 5.97 Å². The Morgan fingerprint density at radius 3 is 2.19 bits per heavy atom. The summed E-state index contributed by atoms with van der Waals surface area (Å²) in [7, 11) is -3.79. The maximum absolute atomic E-state index is 12.6. The number of anilines is 1. The zero-order valence-electron chi connectivity index (χ0n) is 15.4. The number of nitrogens with one attached hydrogen (secondary N) is 1. The molecule has 2 aromatic rings. The summed E-state index contributed by atoms with van der Waals surface area (Å²) in [5.74, 6) is -0.598. The van der Waals surface area contributed by atoms with Gasteiger partial charge in [-0.05, 0) is 45.9 Å². The fraction of sp³-hybridized carbons (Fsp3) is 0.250. The van der Waals surface area contributed by atoms with Crippen LogP contribution in [-0.2, 0) is 19.6 Å². The second-order valence-electron chi connectivity index (χ2n) is 6.94. The van der Waals surface area contributed by atoms with E-state index in [1.807, 2.05) is 6.92 Å². The van der Waals surface area contributed by atoms with Gasteiger partial charge in [-0.25, -0.2) is 13.2 Å². The molecule has 0 amide bonds. The lowest BCUT2D eigenvalue weighted by molar-refractivity contribution is -0.147. The minimum absolute atomic E-state index is 0.0853. The molecule has 0 aliphatic heterocycles. The summed E-state index contributed by atoms with van der Waals surface area (Å²) >= 11 is 0. The van der Waals surface area contributed by atoms with Crippen molar-refractivity contribution in [3.8, 4) is 0 Å². The fourth-order valence-electron chi connectivity index (χ4n) is 2.21. The van der Waals surface area contributed by atoms with Gasteiger partial charge < -0.3 is 4.74 Å². The molecule has 0 bridgehead atoms. The highest BCUT2D eigenvalue weighted by atomic mass is 32.2. The summed E-state index contributed by atoms with van der Waals surface area (Å²) in [6, 6.07) is 13.1. The van der Waals surface area contributed by atoms with E-state index in [1.54, 1.807) is 57.2 Å². The highest BCUT2D eigenvalue weighted by molar-refractivity contribution is 7.92. The van der Waals surface area contributed by atoms with Crippen molar-refractivity contribution in [2.75, 3.05) is 4.72 Å². The molecule has 5 nitrogen and oxygen atoms in total. The molecule has 0 fully saturated rings. The molecule has 0 aliphatic carbocycles. The van der Waals surface area contributed by atoms with Crippen LogP contribution in [0.4, 0.5) is 5.69 Å².